The van der Waals surface area contributed by atoms with E-state index in [2.05, 4.69) is 21.2 Å². The minimum atomic E-state index is -1.22. The molecule has 5 rings (SSSR count). The quantitative estimate of drug-likeness (QED) is 0.159. The Morgan fingerprint density at radius 1 is 0.805 bits per heavy atom. The van der Waals surface area contributed by atoms with Crippen LogP contribution in [0.15, 0.2) is 102 Å². The van der Waals surface area contributed by atoms with Crippen molar-refractivity contribution in [1.29, 1.82) is 0 Å². The molecule has 1 amide bonds. The number of nitrogens with one attached hydrogen (secondary N) is 1. The fraction of sp³-hybridized carbons (Fsp3) is 0.156. The van der Waals surface area contributed by atoms with Gasteiger partial charge in [0.2, 0.25) is 0 Å². The van der Waals surface area contributed by atoms with Crippen molar-refractivity contribution >= 4 is 34.1 Å². The molecule has 1 aliphatic carbocycles. The van der Waals surface area contributed by atoms with Crippen LogP contribution in [-0.2, 0) is 27.3 Å². The monoisotopic (exact) mass is 615 g/mol. The number of carbonyl (C=O) groups is 3. The van der Waals surface area contributed by atoms with E-state index >= 15 is 0 Å². The zero-order valence-electron chi connectivity index (χ0n) is 21.8. The molecule has 0 aromatic heterocycles. The Morgan fingerprint density at radius 3 is 2.05 bits per heavy atom. The number of fused-ring (bicyclic) bond motifs is 3. The van der Waals surface area contributed by atoms with E-state index in [1.807, 2.05) is 72.8 Å². The third-order valence-electron chi connectivity index (χ3n) is 6.80. The molecule has 0 saturated carbocycles. The van der Waals surface area contributed by atoms with E-state index in [-0.39, 0.29) is 31.3 Å². The standard InChI is InChI=1S/C32H26BrNO7/c33-28-12-6-1-7-21(28)18-40-32(38)41-22-15-13-20(14-16-22)17-29(30(35)36)34-31(37)39-19-27-25-10-4-2-8-23(25)24-9-3-5-11-26(24)27/h1-16,27,29H,17-19H2,(H,34,37)(H,35,36)/t29-/m0/s1. The first-order chi connectivity index (χ1) is 19.9. The fourth-order valence-electron chi connectivity index (χ4n) is 4.79. The molecule has 0 spiro atoms. The zero-order valence-corrected chi connectivity index (χ0v) is 23.4. The molecule has 1 aliphatic rings. The summed E-state index contributed by atoms with van der Waals surface area (Å²) in [5, 5.41) is 12.2. The molecule has 1 atom stereocenters. The van der Waals surface area contributed by atoms with E-state index in [1.54, 1.807) is 12.1 Å². The van der Waals surface area contributed by atoms with Crippen molar-refractivity contribution in [3.63, 3.8) is 0 Å². The van der Waals surface area contributed by atoms with Crippen LogP contribution >= 0.6 is 15.9 Å². The molecule has 0 unspecified atom stereocenters. The largest absolute Gasteiger partial charge is 0.514 e. The predicted octanol–water partition coefficient (Wildman–Crippen LogP) is 6.70. The molecular weight excluding hydrogens is 590 g/mol. The number of rotatable bonds is 9. The van der Waals surface area contributed by atoms with Gasteiger partial charge in [-0.2, -0.15) is 0 Å². The van der Waals surface area contributed by atoms with Gasteiger partial charge in [0.05, 0.1) is 0 Å². The molecule has 0 fully saturated rings. The van der Waals surface area contributed by atoms with Crippen LogP contribution in [0.2, 0.25) is 0 Å². The first-order valence-corrected chi connectivity index (χ1v) is 13.7. The van der Waals surface area contributed by atoms with E-state index in [0.717, 1.165) is 32.3 Å². The SMILES string of the molecule is O=C(N[C@@H](Cc1ccc(OC(=O)OCc2ccccc2Br)cc1)C(=O)O)OCC1c2ccccc2-c2ccccc21. The molecule has 0 saturated heterocycles. The van der Waals surface area contributed by atoms with Gasteiger partial charge < -0.3 is 24.6 Å². The molecule has 0 radical (unpaired) electrons. The highest BCUT2D eigenvalue weighted by atomic mass is 79.9. The molecule has 8 nitrogen and oxygen atoms in total. The summed E-state index contributed by atoms with van der Waals surface area (Å²) in [6.45, 7) is 0.121. The molecular formula is C32H26BrNO7. The third kappa shape index (κ3) is 6.75. The van der Waals surface area contributed by atoms with Gasteiger partial charge in [-0.15, -0.1) is 0 Å². The van der Waals surface area contributed by atoms with Gasteiger partial charge in [-0.3, -0.25) is 0 Å². The van der Waals surface area contributed by atoms with Crippen molar-refractivity contribution < 1.29 is 33.7 Å². The second kappa shape index (κ2) is 12.7. The van der Waals surface area contributed by atoms with Crippen molar-refractivity contribution in [1.82, 2.24) is 5.32 Å². The van der Waals surface area contributed by atoms with Gasteiger partial charge in [-0.1, -0.05) is 94.8 Å². The maximum absolute atomic E-state index is 12.6. The van der Waals surface area contributed by atoms with E-state index < -0.39 is 24.3 Å². The summed E-state index contributed by atoms with van der Waals surface area (Å²) >= 11 is 3.39. The Morgan fingerprint density at radius 2 is 1.41 bits per heavy atom. The molecule has 208 valence electrons. The van der Waals surface area contributed by atoms with Gasteiger partial charge in [-0.25, -0.2) is 14.4 Å². The number of carboxylic acid groups (broad SMARTS) is 1. The highest BCUT2D eigenvalue weighted by Crippen LogP contribution is 2.44. The zero-order chi connectivity index (χ0) is 28.8. The summed E-state index contributed by atoms with van der Waals surface area (Å²) in [6.07, 6.45) is -1.67. The molecule has 4 aromatic carbocycles. The van der Waals surface area contributed by atoms with Crippen molar-refractivity contribution in [2.24, 2.45) is 0 Å². The second-order valence-electron chi connectivity index (χ2n) is 9.44. The third-order valence-corrected chi connectivity index (χ3v) is 7.58. The minimum absolute atomic E-state index is 0.00624. The predicted molar refractivity (Wildman–Crippen MR) is 155 cm³/mol. The number of hydrogen-bond acceptors (Lipinski definition) is 6. The van der Waals surface area contributed by atoms with Gasteiger partial charge in [0.15, 0.2) is 0 Å². The molecule has 0 bridgehead atoms. The van der Waals surface area contributed by atoms with Gasteiger partial charge in [-0.05, 0) is 46.0 Å². The number of carbonyl (C=O) groups excluding carboxylic acids is 2. The number of carboxylic acids is 1. The van der Waals surface area contributed by atoms with Gasteiger partial charge in [0, 0.05) is 22.4 Å². The minimum Gasteiger partial charge on any atom is -0.480 e. The number of halogens is 1. The Labute approximate surface area is 245 Å². The van der Waals surface area contributed by atoms with Crippen LogP contribution in [0.1, 0.15) is 28.2 Å². The highest BCUT2D eigenvalue weighted by Gasteiger charge is 2.29. The molecule has 9 heteroatoms. The number of hydrogen-bond donors (Lipinski definition) is 2. The average Bonchev–Trinajstić information content (AvgIpc) is 3.30. The first-order valence-electron chi connectivity index (χ1n) is 12.9. The van der Waals surface area contributed by atoms with Crippen molar-refractivity contribution in [2.45, 2.75) is 25.0 Å². The fourth-order valence-corrected chi connectivity index (χ4v) is 5.19. The van der Waals surface area contributed by atoms with Crippen LogP contribution < -0.4 is 10.1 Å². The second-order valence-corrected chi connectivity index (χ2v) is 10.3. The van der Waals surface area contributed by atoms with Crippen LogP contribution in [0.5, 0.6) is 5.75 Å². The summed E-state index contributed by atoms with van der Waals surface area (Å²) in [7, 11) is 0. The van der Waals surface area contributed by atoms with Gasteiger partial charge in [0.25, 0.3) is 0 Å². The van der Waals surface area contributed by atoms with Crippen molar-refractivity contribution in [2.75, 3.05) is 6.61 Å². The van der Waals surface area contributed by atoms with Gasteiger partial charge >= 0.3 is 18.2 Å². The number of amides is 1. The van der Waals surface area contributed by atoms with Crippen LogP contribution in [0.4, 0.5) is 9.59 Å². The lowest BCUT2D eigenvalue weighted by Gasteiger charge is -2.17. The smallest absolute Gasteiger partial charge is 0.480 e. The van der Waals surface area contributed by atoms with E-state index in [1.165, 1.54) is 12.1 Å². The van der Waals surface area contributed by atoms with Crippen molar-refractivity contribution in [3.05, 3.63) is 124 Å². The van der Waals surface area contributed by atoms with Crippen LogP contribution in [-0.4, -0.2) is 36.0 Å². The summed E-state index contributed by atoms with van der Waals surface area (Å²) < 4.78 is 16.7. The lowest BCUT2D eigenvalue weighted by Crippen LogP contribution is -2.42. The lowest BCUT2D eigenvalue weighted by molar-refractivity contribution is -0.139. The number of ether oxygens (including phenoxy) is 3. The van der Waals surface area contributed by atoms with Crippen LogP contribution in [0.25, 0.3) is 11.1 Å². The summed E-state index contributed by atoms with van der Waals surface area (Å²) in [5.41, 5.74) is 5.75. The summed E-state index contributed by atoms with van der Waals surface area (Å²) in [5.74, 6) is -1.10. The molecule has 2 N–H and O–H groups in total. The number of alkyl carbamates (subject to hydrolysis) is 1. The topological polar surface area (TPSA) is 111 Å². The van der Waals surface area contributed by atoms with Crippen molar-refractivity contribution in [3.8, 4) is 16.9 Å². The van der Waals surface area contributed by atoms with E-state index in [9.17, 15) is 19.5 Å². The van der Waals surface area contributed by atoms with Crippen LogP contribution in [0.3, 0.4) is 0 Å². The van der Waals surface area contributed by atoms with E-state index in [0.29, 0.717) is 5.56 Å². The normalized spacial score (nSPS) is 12.5. The maximum atomic E-state index is 12.6. The number of benzene rings is 4. The Bertz CT molecular complexity index is 1530. The Kier molecular flexibility index (Phi) is 8.64. The highest BCUT2D eigenvalue weighted by molar-refractivity contribution is 9.10. The Hall–Kier alpha value is -4.63. The molecule has 4 aromatic rings. The lowest BCUT2D eigenvalue weighted by atomic mass is 9.98. The molecule has 0 aliphatic heterocycles. The molecule has 0 heterocycles. The van der Waals surface area contributed by atoms with Gasteiger partial charge in [0.1, 0.15) is 25.0 Å². The number of aliphatic carboxylic acids is 1. The summed E-state index contributed by atoms with van der Waals surface area (Å²) in [6, 6.07) is 28.4. The summed E-state index contributed by atoms with van der Waals surface area (Å²) in [4.78, 5) is 36.6. The average molecular weight is 616 g/mol. The molecule has 41 heavy (non-hydrogen) atoms. The maximum Gasteiger partial charge on any atom is 0.514 e. The first kappa shape index (κ1) is 27.9. The van der Waals surface area contributed by atoms with Crippen LogP contribution in [0, 0.1) is 0 Å². The Balaban J connectivity index is 1.13. The van der Waals surface area contributed by atoms with E-state index in [4.69, 9.17) is 14.2 Å².